The molecule has 0 aliphatic heterocycles. The van der Waals surface area contributed by atoms with Gasteiger partial charge in [-0.1, -0.05) is 30.3 Å². The van der Waals surface area contributed by atoms with Crippen LogP contribution in [0, 0.1) is 6.92 Å². The number of oxazole rings is 1. The fourth-order valence-corrected chi connectivity index (χ4v) is 2.41. The van der Waals surface area contributed by atoms with Gasteiger partial charge in [0.25, 0.3) is 5.89 Å². The fourth-order valence-electron chi connectivity index (χ4n) is 2.41. The van der Waals surface area contributed by atoms with Gasteiger partial charge in [0.15, 0.2) is 11.5 Å². The zero-order chi connectivity index (χ0) is 15.6. The average molecular weight is 307 g/mol. The van der Waals surface area contributed by atoms with Crippen molar-refractivity contribution in [1.29, 1.82) is 0 Å². The topological polar surface area (TPSA) is 74.2 Å². The SMILES string of the molecule is Cc1nc2ccc(O[C@H](c3ccccc3)c3nnco3)cc2o1. The summed E-state index contributed by atoms with van der Waals surface area (Å²) in [5.41, 5.74) is 2.40. The standard InChI is InChI=1S/C17H13N3O3/c1-11-19-14-8-7-13(9-15(14)22-11)23-16(17-20-18-10-21-17)12-5-3-2-4-6-12/h2-10,16H,1H3/t16-/m1/s1. The summed E-state index contributed by atoms with van der Waals surface area (Å²) in [5, 5.41) is 7.72. The molecular weight excluding hydrogens is 294 g/mol. The molecule has 2 heterocycles. The second-order valence-electron chi connectivity index (χ2n) is 5.05. The van der Waals surface area contributed by atoms with Crippen LogP contribution in [0.2, 0.25) is 0 Å². The van der Waals surface area contributed by atoms with Crippen molar-refractivity contribution < 1.29 is 13.6 Å². The smallest absolute Gasteiger partial charge is 0.261 e. The third-order valence-corrected chi connectivity index (χ3v) is 3.42. The summed E-state index contributed by atoms with van der Waals surface area (Å²) in [6.45, 7) is 1.81. The summed E-state index contributed by atoms with van der Waals surface area (Å²) in [6.07, 6.45) is 0.803. The third-order valence-electron chi connectivity index (χ3n) is 3.42. The van der Waals surface area contributed by atoms with Gasteiger partial charge in [0.1, 0.15) is 11.3 Å². The molecule has 114 valence electrons. The zero-order valence-corrected chi connectivity index (χ0v) is 12.3. The molecule has 0 aliphatic carbocycles. The molecule has 0 fully saturated rings. The Kier molecular flexibility index (Phi) is 3.27. The van der Waals surface area contributed by atoms with Crippen LogP contribution in [-0.2, 0) is 0 Å². The van der Waals surface area contributed by atoms with E-state index in [-0.39, 0.29) is 0 Å². The number of benzene rings is 2. The monoisotopic (exact) mass is 307 g/mol. The molecule has 0 radical (unpaired) electrons. The van der Waals surface area contributed by atoms with E-state index in [0.29, 0.717) is 23.1 Å². The molecule has 0 saturated carbocycles. The number of fused-ring (bicyclic) bond motifs is 1. The van der Waals surface area contributed by atoms with E-state index in [9.17, 15) is 0 Å². The molecule has 0 bridgehead atoms. The minimum Gasteiger partial charge on any atom is -0.476 e. The molecule has 2 aromatic carbocycles. The van der Waals surface area contributed by atoms with E-state index in [4.69, 9.17) is 13.6 Å². The minimum atomic E-state index is -0.486. The first-order valence-corrected chi connectivity index (χ1v) is 7.14. The van der Waals surface area contributed by atoms with Gasteiger partial charge < -0.3 is 13.6 Å². The maximum Gasteiger partial charge on any atom is 0.261 e. The van der Waals surface area contributed by atoms with Gasteiger partial charge in [0.2, 0.25) is 12.5 Å². The predicted molar refractivity (Wildman–Crippen MR) is 82.0 cm³/mol. The fraction of sp³-hybridized carbons (Fsp3) is 0.118. The van der Waals surface area contributed by atoms with Gasteiger partial charge in [-0.05, 0) is 12.1 Å². The quantitative estimate of drug-likeness (QED) is 0.572. The summed E-state index contributed by atoms with van der Waals surface area (Å²) in [5.74, 6) is 1.65. The highest BCUT2D eigenvalue weighted by Gasteiger charge is 2.21. The largest absolute Gasteiger partial charge is 0.476 e. The van der Waals surface area contributed by atoms with E-state index in [1.807, 2.05) is 55.5 Å². The molecule has 0 saturated heterocycles. The molecule has 2 aromatic heterocycles. The Bertz CT molecular complexity index is 917. The summed E-state index contributed by atoms with van der Waals surface area (Å²) in [6, 6.07) is 15.2. The van der Waals surface area contributed by atoms with Crippen LogP contribution in [0.3, 0.4) is 0 Å². The Balaban J connectivity index is 1.71. The molecule has 23 heavy (non-hydrogen) atoms. The second kappa shape index (κ2) is 5.57. The van der Waals surface area contributed by atoms with Gasteiger partial charge in [0, 0.05) is 18.6 Å². The first-order chi connectivity index (χ1) is 11.3. The van der Waals surface area contributed by atoms with Gasteiger partial charge in [0.05, 0.1) is 0 Å². The summed E-state index contributed by atoms with van der Waals surface area (Å²) in [7, 11) is 0. The Hall–Kier alpha value is -3.15. The molecule has 0 amide bonds. The van der Waals surface area contributed by atoms with Crippen LogP contribution in [0.25, 0.3) is 11.1 Å². The van der Waals surface area contributed by atoms with Gasteiger partial charge in [-0.3, -0.25) is 0 Å². The number of hydrogen-bond donors (Lipinski definition) is 0. The summed E-state index contributed by atoms with van der Waals surface area (Å²) < 4.78 is 17.0. The zero-order valence-electron chi connectivity index (χ0n) is 12.3. The summed E-state index contributed by atoms with van der Waals surface area (Å²) >= 11 is 0. The van der Waals surface area contributed by atoms with Gasteiger partial charge >= 0.3 is 0 Å². The van der Waals surface area contributed by atoms with Crippen molar-refractivity contribution in [1.82, 2.24) is 15.2 Å². The van der Waals surface area contributed by atoms with Crippen LogP contribution >= 0.6 is 0 Å². The molecule has 6 nitrogen and oxygen atoms in total. The lowest BCUT2D eigenvalue weighted by Crippen LogP contribution is -2.10. The van der Waals surface area contributed by atoms with Crippen molar-refractivity contribution in [2.24, 2.45) is 0 Å². The van der Waals surface area contributed by atoms with E-state index >= 15 is 0 Å². The van der Waals surface area contributed by atoms with Crippen molar-refractivity contribution in [3.63, 3.8) is 0 Å². The molecule has 0 N–H and O–H groups in total. The first-order valence-electron chi connectivity index (χ1n) is 7.14. The molecule has 0 aliphatic rings. The molecular formula is C17H13N3O3. The van der Waals surface area contributed by atoms with Crippen molar-refractivity contribution in [2.45, 2.75) is 13.0 Å². The van der Waals surface area contributed by atoms with Gasteiger partial charge in [-0.15, -0.1) is 10.2 Å². The summed E-state index contributed by atoms with van der Waals surface area (Å²) in [4.78, 5) is 4.28. The molecule has 1 atom stereocenters. The Morgan fingerprint density at radius 3 is 2.74 bits per heavy atom. The minimum absolute atomic E-state index is 0.394. The first kappa shape index (κ1) is 13.5. The highest BCUT2D eigenvalue weighted by Crippen LogP contribution is 2.29. The van der Waals surface area contributed by atoms with E-state index in [0.717, 1.165) is 11.1 Å². The highest BCUT2D eigenvalue weighted by atomic mass is 16.5. The van der Waals surface area contributed by atoms with Crippen molar-refractivity contribution in [3.8, 4) is 5.75 Å². The normalized spacial score (nSPS) is 12.4. The van der Waals surface area contributed by atoms with Crippen molar-refractivity contribution >= 4 is 11.1 Å². The Labute approximate surface area is 131 Å². The second-order valence-corrected chi connectivity index (χ2v) is 5.05. The van der Waals surface area contributed by atoms with Crippen LogP contribution in [0.15, 0.2) is 63.8 Å². The van der Waals surface area contributed by atoms with Crippen LogP contribution in [0.4, 0.5) is 0 Å². The lowest BCUT2D eigenvalue weighted by atomic mass is 10.1. The van der Waals surface area contributed by atoms with Gasteiger partial charge in [-0.25, -0.2) is 4.98 Å². The van der Waals surface area contributed by atoms with E-state index in [2.05, 4.69) is 15.2 Å². The van der Waals surface area contributed by atoms with Crippen LogP contribution in [0.1, 0.15) is 23.4 Å². The number of ether oxygens (including phenoxy) is 1. The van der Waals surface area contributed by atoms with Crippen molar-refractivity contribution in [2.75, 3.05) is 0 Å². The molecule has 6 heteroatoms. The van der Waals surface area contributed by atoms with Crippen LogP contribution < -0.4 is 4.74 Å². The molecule has 0 spiro atoms. The lowest BCUT2D eigenvalue weighted by molar-refractivity contribution is 0.208. The van der Waals surface area contributed by atoms with Crippen LogP contribution in [0.5, 0.6) is 5.75 Å². The van der Waals surface area contributed by atoms with E-state index < -0.39 is 6.10 Å². The average Bonchev–Trinajstić information content (AvgIpc) is 3.21. The van der Waals surface area contributed by atoms with Gasteiger partial charge in [-0.2, -0.15) is 0 Å². The Morgan fingerprint density at radius 1 is 1.09 bits per heavy atom. The molecule has 4 rings (SSSR count). The lowest BCUT2D eigenvalue weighted by Gasteiger charge is -2.16. The Morgan fingerprint density at radius 2 is 1.96 bits per heavy atom. The number of aryl methyl sites for hydroxylation is 1. The highest BCUT2D eigenvalue weighted by molar-refractivity contribution is 5.74. The van der Waals surface area contributed by atoms with E-state index in [1.54, 1.807) is 0 Å². The number of nitrogens with zero attached hydrogens (tertiary/aromatic N) is 3. The van der Waals surface area contributed by atoms with Crippen molar-refractivity contribution in [3.05, 3.63) is 72.3 Å². The predicted octanol–water partition coefficient (Wildman–Crippen LogP) is 3.69. The number of aromatic nitrogens is 3. The molecule has 4 aromatic rings. The number of rotatable bonds is 4. The molecule has 0 unspecified atom stereocenters. The maximum atomic E-state index is 6.08. The van der Waals surface area contributed by atoms with E-state index in [1.165, 1.54) is 6.39 Å². The number of hydrogen-bond acceptors (Lipinski definition) is 6. The van der Waals surface area contributed by atoms with Crippen LogP contribution in [-0.4, -0.2) is 15.2 Å². The maximum absolute atomic E-state index is 6.08. The third kappa shape index (κ3) is 2.66.